The summed E-state index contributed by atoms with van der Waals surface area (Å²) in [4.78, 5) is 2.35. The molecule has 0 N–H and O–H groups in total. The zero-order valence-electron chi connectivity index (χ0n) is 29.9. The number of fused-ring (bicyclic) bond motifs is 3. The van der Waals surface area contributed by atoms with E-state index in [4.69, 9.17) is 10.2 Å². The fourth-order valence-electron chi connectivity index (χ4n) is 7.74. The van der Waals surface area contributed by atoms with Crippen molar-refractivity contribution in [3.05, 3.63) is 212 Å². The lowest BCUT2D eigenvalue weighted by Crippen LogP contribution is -2.11. The van der Waals surface area contributed by atoms with Gasteiger partial charge in [-0.3, -0.25) is 4.57 Å². The van der Waals surface area contributed by atoms with Crippen LogP contribution in [0.4, 0.5) is 17.1 Å². The van der Waals surface area contributed by atoms with Gasteiger partial charge in [-0.25, -0.2) is 0 Å². The molecule has 0 fully saturated rings. The molecule has 10 rings (SSSR count). The van der Waals surface area contributed by atoms with E-state index in [2.05, 4.69) is 190 Å². The van der Waals surface area contributed by atoms with Crippen molar-refractivity contribution in [1.82, 2.24) is 19.3 Å². The third-order valence-corrected chi connectivity index (χ3v) is 10.3. The quantitative estimate of drug-likeness (QED) is 0.158. The van der Waals surface area contributed by atoms with E-state index in [0.29, 0.717) is 0 Å². The van der Waals surface area contributed by atoms with Crippen LogP contribution in [-0.4, -0.2) is 19.3 Å². The summed E-state index contributed by atoms with van der Waals surface area (Å²) in [5, 5.41) is 12.0. The maximum atomic E-state index is 4.76. The normalized spacial score (nSPS) is 11.3. The number of anilines is 3. The fraction of sp³-hybridized carbons (Fsp3) is 0. The average molecular weight is 706 g/mol. The van der Waals surface area contributed by atoms with Crippen LogP contribution in [0.2, 0.25) is 0 Å². The standard InChI is InChI=1S/C50H35N5/c1-4-16-36(17-5-1)43-22-10-13-25-46(43)53(41-32-34-42(35-33-41)54-47-26-14-11-23-44(47)45-24-12-15-27-48(45)54)40-30-28-38(29-31-40)50-52-51-49(37-18-6-2-7-19-37)55(50)39-20-8-3-9-21-39/h1-35H. The van der Waals surface area contributed by atoms with Crippen LogP contribution in [0.15, 0.2) is 212 Å². The van der Waals surface area contributed by atoms with Gasteiger partial charge < -0.3 is 9.47 Å². The molecule has 0 amide bonds. The Balaban J connectivity index is 1.10. The highest BCUT2D eigenvalue weighted by molar-refractivity contribution is 6.09. The molecule has 2 aromatic heterocycles. The van der Waals surface area contributed by atoms with Gasteiger partial charge in [-0.05, 0) is 84.4 Å². The zero-order chi connectivity index (χ0) is 36.6. The van der Waals surface area contributed by atoms with Crippen LogP contribution in [0.1, 0.15) is 0 Å². The van der Waals surface area contributed by atoms with Gasteiger partial charge in [0.15, 0.2) is 11.6 Å². The molecule has 0 saturated heterocycles. The second-order valence-corrected chi connectivity index (χ2v) is 13.5. The summed E-state index contributed by atoms with van der Waals surface area (Å²) in [6, 6.07) is 74.6. The van der Waals surface area contributed by atoms with Crippen molar-refractivity contribution in [3.63, 3.8) is 0 Å². The Labute approximate surface area is 319 Å². The van der Waals surface area contributed by atoms with Crippen molar-refractivity contribution < 1.29 is 0 Å². The van der Waals surface area contributed by atoms with E-state index in [0.717, 1.165) is 62.3 Å². The molecule has 0 saturated carbocycles. The second kappa shape index (κ2) is 13.8. The minimum absolute atomic E-state index is 0.781. The molecule has 55 heavy (non-hydrogen) atoms. The van der Waals surface area contributed by atoms with E-state index in [-0.39, 0.29) is 0 Å². The van der Waals surface area contributed by atoms with Gasteiger partial charge in [-0.15, -0.1) is 10.2 Å². The summed E-state index contributed by atoms with van der Waals surface area (Å²) in [6.07, 6.45) is 0. The lowest BCUT2D eigenvalue weighted by molar-refractivity contribution is 1.07. The summed E-state index contributed by atoms with van der Waals surface area (Å²) in [5.41, 5.74) is 12.0. The Bertz CT molecular complexity index is 2840. The van der Waals surface area contributed by atoms with Crippen molar-refractivity contribution in [2.75, 3.05) is 4.90 Å². The summed E-state index contributed by atoms with van der Waals surface area (Å²) < 4.78 is 4.50. The maximum absolute atomic E-state index is 4.76. The van der Waals surface area contributed by atoms with Crippen LogP contribution in [0, 0.1) is 0 Å². The Morgan fingerprint density at radius 1 is 0.327 bits per heavy atom. The Hall–Kier alpha value is -7.50. The monoisotopic (exact) mass is 705 g/mol. The van der Waals surface area contributed by atoms with Gasteiger partial charge in [0.2, 0.25) is 0 Å². The molecule has 0 bridgehead atoms. The van der Waals surface area contributed by atoms with Crippen molar-refractivity contribution >= 4 is 38.9 Å². The van der Waals surface area contributed by atoms with Crippen LogP contribution in [0.3, 0.4) is 0 Å². The van der Waals surface area contributed by atoms with Gasteiger partial charge >= 0.3 is 0 Å². The van der Waals surface area contributed by atoms with E-state index in [1.807, 2.05) is 36.4 Å². The number of rotatable bonds is 8. The van der Waals surface area contributed by atoms with Crippen LogP contribution >= 0.6 is 0 Å². The molecule has 5 heteroatoms. The third kappa shape index (κ3) is 5.75. The van der Waals surface area contributed by atoms with Crippen molar-refractivity contribution in [2.45, 2.75) is 0 Å². The van der Waals surface area contributed by atoms with E-state index in [9.17, 15) is 0 Å². The molecule has 10 aromatic rings. The number of nitrogens with zero attached hydrogens (tertiary/aromatic N) is 5. The SMILES string of the molecule is c1ccc(-c2ccccc2N(c2ccc(-c3nnc(-c4ccccc4)n3-c3ccccc3)cc2)c2ccc(-n3c4ccccc4c4ccccc43)cc2)cc1. The van der Waals surface area contributed by atoms with Gasteiger partial charge in [0.25, 0.3) is 0 Å². The number of hydrogen-bond acceptors (Lipinski definition) is 3. The van der Waals surface area contributed by atoms with E-state index >= 15 is 0 Å². The molecular formula is C50H35N5. The van der Waals surface area contributed by atoms with E-state index in [1.54, 1.807) is 0 Å². The summed E-state index contributed by atoms with van der Waals surface area (Å²) in [5.74, 6) is 1.58. The smallest absolute Gasteiger partial charge is 0.168 e. The number of benzene rings is 8. The Kier molecular flexibility index (Phi) is 8.08. The second-order valence-electron chi connectivity index (χ2n) is 13.5. The first-order chi connectivity index (χ1) is 27.3. The van der Waals surface area contributed by atoms with Crippen molar-refractivity contribution in [3.8, 4) is 45.3 Å². The average Bonchev–Trinajstić information content (AvgIpc) is 3.86. The number of aromatic nitrogens is 4. The molecule has 2 heterocycles. The van der Waals surface area contributed by atoms with Gasteiger partial charge in [0.05, 0.1) is 16.7 Å². The minimum atomic E-state index is 0.781. The van der Waals surface area contributed by atoms with Gasteiger partial charge in [0.1, 0.15) is 0 Å². The highest BCUT2D eigenvalue weighted by atomic mass is 15.3. The largest absolute Gasteiger partial charge is 0.310 e. The number of para-hydroxylation sites is 4. The first-order valence-corrected chi connectivity index (χ1v) is 18.5. The third-order valence-electron chi connectivity index (χ3n) is 10.3. The Morgan fingerprint density at radius 3 is 1.36 bits per heavy atom. The molecular weight excluding hydrogens is 671 g/mol. The summed E-state index contributed by atoms with van der Waals surface area (Å²) >= 11 is 0. The van der Waals surface area contributed by atoms with Crippen LogP contribution < -0.4 is 4.90 Å². The van der Waals surface area contributed by atoms with Crippen molar-refractivity contribution in [1.29, 1.82) is 0 Å². The lowest BCUT2D eigenvalue weighted by Gasteiger charge is -2.28. The van der Waals surface area contributed by atoms with E-state index in [1.165, 1.54) is 21.8 Å². The molecule has 0 atom stereocenters. The molecule has 0 aliphatic carbocycles. The fourth-order valence-corrected chi connectivity index (χ4v) is 7.74. The highest BCUT2D eigenvalue weighted by Gasteiger charge is 2.21. The van der Waals surface area contributed by atoms with Crippen LogP contribution in [0.5, 0.6) is 0 Å². The summed E-state index contributed by atoms with van der Waals surface area (Å²) in [6.45, 7) is 0. The molecule has 0 unspecified atom stereocenters. The molecule has 0 spiro atoms. The lowest BCUT2D eigenvalue weighted by atomic mass is 10.0. The number of hydrogen-bond donors (Lipinski definition) is 0. The highest BCUT2D eigenvalue weighted by Crippen LogP contribution is 2.42. The molecule has 0 radical (unpaired) electrons. The molecule has 5 nitrogen and oxygen atoms in total. The molecule has 8 aromatic carbocycles. The predicted octanol–water partition coefficient (Wildman–Crippen LogP) is 12.8. The van der Waals surface area contributed by atoms with E-state index < -0.39 is 0 Å². The predicted molar refractivity (Wildman–Crippen MR) is 227 cm³/mol. The minimum Gasteiger partial charge on any atom is -0.310 e. The first-order valence-electron chi connectivity index (χ1n) is 18.5. The van der Waals surface area contributed by atoms with Gasteiger partial charge in [0, 0.05) is 50.2 Å². The molecule has 0 aliphatic heterocycles. The first kappa shape index (κ1) is 32.2. The van der Waals surface area contributed by atoms with Gasteiger partial charge in [-0.1, -0.05) is 133 Å². The molecule has 0 aliphatic rings. The topological polar surface area (TPSA) is 38.9 Å². The summed E-state index contributed by atoms with van der Waals surface area (Å²) in [7, 11) is 0. The van der Waals surface area contributed by atoms with Crippen LogP contribution in [-0.2, 0) is 0 Å². The molecule has 260 valence electrons. The zero-order valence-corrected chi connectivity index (χ0v) is 29.9. The Morgan fingerprint density at radius 2 is 0.764 bits per heavy atom. The maximum Gasteiger partial charge on any atom is 0.168 e. The van der Waals surface area contributed by atoms with Gasteiger partial charge in [-0.2, -0.15) is 0 Å². The van der Waals surface area contributed by atoms with Crippen LogP contribution in [0.25, 0.3) is 67.1 Å². The van der Waals surface area contributed by atoms with Crippen molar-refractivity contribution in [2.24, 2.45) is 0 Å².